The topological polar surface area (TPSA) is 25.8 Å². The Morgan fingerprint density at radius 1 is 1.13 bits per heavy atom. The maximum absolute atomic E-state index is 12.9. The maximum Gasteiger partial charge on any atom is 0.159 e. The lowest BCUT2D eigenvalue weighted by Gasteiger charge is -2.02. The summed E-state index contributed by atoms with van der Waals surface area (Å²) in [4.78, 5) is 7.51. The number of rotatable bonds is 1. The van der Waals surface area contributed by atoms with Gasteiger partial charge < -0.3 is 0 Å². The molecule has 0 radical (unpaired) electrons. The number of aromatic nitrogens is 2. The molecule has 0 saturated heterocycles. The fourth-order valence-corrected chi connectivity index (χ4v) is 1.37. The molecule has 2 aromatic rings. The van der Waals surface area contributed by atoms with Gasteiger partial charge in [-0.1, -0.05) is 17.7 Å². The summed E-state index contributed by atoms with van der Waals surface area (Å²) in [5.74, 6) is -1.82. The van der Waals surface area contributed by atoms with Gasteiger partial charge in [0.1, 0.15) is 11.5 Å². The lowest BCUT2D eigenvalue weighted by Crippen LogP contribution is -1.88. The van der Waals surface area contributed by atoms with Crippen LogP contribution < -0.4 is 0 Å². The van der Waals surface area contributed by atoms with Crippen molar-refractivity contribution < 1.29 is 8.78 Å². The van der Waals surface area contributed by atoms with Crippen LogP contribution in [0.25, 0.3) is 11.1 Å². The average molecular weight is 227 g/mol. The van der Waals surface area contributed by atoms with Crippen molar-refractivity contribution in [2.24, 2.45) is 0 Å². The van der Waals surface area contributed by atoms with Crippen LogP contribution in [0.5, 0.6) is 0 Å². The predicted octanol–water partition coefficient (Wildman–Crippen LogP) is 3.08. The molecule has 0 atom stereocenters. The molecule has 0 bridgehead atoms. The summed E-state index contributed by atoms with van der Waals surface area (Å²) >= 11 is 5.78. The van der Waals surface area contributed by atoms with E-state index < -0.39 is 11.6 Å². The van der Waals surface area contributed by atoms with Crippen LogP contribution in [-0.2, 0) is 0 Å². The van der Waals surface area contributed by atoms with Crippen molar-refractivity contribution in [1.82, 2.24) is 9.97 Å². The highest BCUT2D eigenvalue weighted by Crippen LogP contribution is 2.25. The smallest absolute Gasteiger partial charge is 0.159 e. The summed E-state index contributed by atoms with van der Waals surface area (Å²) in [6, 6.07) is 3.51. The second-order valence-corrected chi connectivity index (χ2v) is 3.21. The minimum atomic E-state index is -0.924. The molecule has 0 fully saturated rings. The standard InChI is InChI=1S/C10H5ClF2N2/c11-10-7(4-14-5-15-10)6-1-2-8(12)9(13)3-6/h1-5H. The van der Waals surface area contributed by atoms with E-state index in [0.29, 0.717) is 11.1 Å². The molecule has 1 heterocycles. The third-order valence-corrected chi connectivity index (χ3v) is 2.20. The molecule has 1 aromatic heterocycles. The van der Waals surface area contributed by atoms with Gasteiger partial charge in [-0.25, -0.2) is 18.7 Å². The molecule has 2 rings (SSSR count). The van der Waals surface area contributed by atoms with Crippen molar-refractivity contribution in [3.05, 3.63) is 47.5 Å². The van der Waals surface area contributed by atoms with Crippen molar-refractivity contribution in [2.45, 2.75) is 0 Å². The highest BCUT2D eigenvalue weighted by molar-refractivity contribution is 6.32. The minimum absolute atomic E-state index is 0.205. The first-order chi connectivity index (χ1) is 7.18. The quantitative estimate of drug-likeness (QED) is 0.699. The van der Waals surface area contributed by atoms with Crippen LogP contribution in [0.4, 0.5) is 8.78 Å². The zero-order valence-corrected chi connectivity index (χ0v) is 8.17. The summed E-state index contributed by atoms with van der Waals surface area (Å²) in [5, 5.41) is 0.205. The van der Waals surface area contributed by atoms with Crippen molar-refractivity contribution in [3.8, 4) is 11.1 Å². The van der Waals surface area contributed by atoms with Gasteiger partial charge in [-0.15, -0.1) is 0 Å². The van der Waals surface area contributed by atoms with Crippen LogP contribution in [0.1, 0.15) is 0 Å². The van der Waals surface area contributed by atoms with Gasteiger partial charge in [0.05, 0.1) is 0 Å². The molecule has 0 unspecified atom stereocenters. The normalized spacial score (nSPS) is 10.3. The first-order valence-electron chi connectivity index (χ1n) is 4.09. The van der Waals surface area contributed by atoms with E-state index in [1.165, 1.54) is 18.6 Å². The van der Waals surface area contributed by atoms with E-state index in [0.717, 1.165) is 12.1 Å². The van der Waals surface area contributed by atoms with Gasteiger partial charge in [-0.3, -0.25) is 0 Å². The van der Waals surface area contributed by atoms with E-state index >= 15 is 0 Å². The van der Waals surface area contributed by atoms with Crippen molar-refractivity contribution >= 4 is 11.6 Å². The SMILES string of the molecule is Fc1ccc(-c2cncnc2Cl)cc1F. The molecule has 2 nitrogen and oxygen atoms in total. The lowest BCUT2D eigenvalue weighted by molar-refractivity contribution is 0.509. The molecule has 0 spiro atoms. The largest absolute Gasteiger partial charge is 0.244 e. The predicted molar refractivity (Wildman–Crippen MR) is 52.4 cm³/mol. The summed E-state index contributed by atoms with van der Waals surface area (Å²) < 4.78 is 25.6. The van der Waals surface area contributed by atoms with Crippen LogP contribution in [0.15, 0.2) is 30.7 Å². The Balaban J connectivity index is 2.55. The van der Waals surface area contributed by atoms with E-state index in [-0.39, 0.29) is 5.15 Å². The molecule has 0 aliphatic carbocycles. The monoisotopic (exact) mass is 226 g/mol. The van der Waals surface area contributed by atoms with Crippen LogP contribution in [-0.4, -0.2) is 9.97 Å². The molecule has 0 saturated carbocycles. The molecule has 1 aromatic carbocycles. The van der Waals surface area contributed by atoms with E-state index in [9.17, 15) is 8.78 Å². The molecule has 0 aliphatic rings. The molecule has 0 N–H and O–H groups in total. The number of hydrogen-bond donors (Lipinski definition) is 0. The Morgan fingerprint density at radius 3 is 2.60 bits per heavy atom. The van der Waals surface area contributed by atoms with E-state index in [4.69, 9.17) is 11.6 Å². The van der Waals surface area contributed by atoms with Crippen molar-refractivity contribution in [2.75, 3.05) is 0 Å². The number of hydrogen-bond acceptors (Lipinski definition) is 2. The fraction of sp³-hybridized carbons (Fsp3) is 0. The van der Waals surface area contributed by atoms with Gasteiger partial charge >= 0.3 is 0 Å². The van der Waals surface area contributed by atoms with E-state index in [1.807, 2.05) is 0 Å². The van der Waals surface area contributed by atoms with Crippen molar-refractivity contribution in [1.29, 1.82) is 0 Å². The summed E-state index contributed by atoms with van der Waals surface area (Å²) in [6.45, 7) is 0. The third kappa shape index (κ3) is 1.94. The summed E-state index contributed by atoms with van der Waals surface area (Å²) in [6.07, 6.45) is 2.73. The minimum Gasteiger partial charge on any atom is -0.244 e. The Hall–Kier alpha value is -1.55. The van der Waals surface area contributed by atoms with Gasteiger partial charge in [-0.2, -0.15) is 0 Å². The zero-order valence-electron chi connectivity index (χ0n) is 7.42. The van der Waals surface area contributed by atoms with Gasteiger partial charge in [-0.05, 0) is 17.7 Å². The van der Waals surface area contributed by atoms with Gasteiger partial charge in [0.25, 0.3) is 0 Å². The lowest BCUT2D eigenvalue weighted by atomic mass is 10.1. The van der Waals surface area contributed by atoms with Crippen molar-refractivity contribution in [3.63, 3.8) is 0 Å². The summed E-state index contributed by atoms with van der Waals surface area (Å²) in [5.41, 5.74) is 0.914. The third-order valence-electron chi connectivity index (χ3n) is 1.89. The second kappa shape index (κ2) is 3.90. The first-order valence-corrected chi connectivity index (χ1v) is 4.47. The Kier molecular flexibility index (Phi) is 2.60. The Bertz CT molecular complexity index is 503. The highest BCUT2D eigenvalue weighted by Gasteiger charge is 2.07. The fourth-order valence-electron chi connectivity index (χ4n) is 1.17. The molecule has 76 valence electrons. The zero-order chi connectivity index (χ0) is 10.8. The average Bonchev–Trinajstić information content (AvgIpc) is 2.23. The first kappa shape index (κ1) is 9.98. The maximum atomic E-state index is 12.9. The molecular formula is C10H5ClF2N2. The van der Waals surface area contributed by atoms with Gasteiger partial charge in [0.15, 0.2) is 11.6 Å². The summed E-state index contributed by atoms with van der Waals surface area (Å²) in [7, 11) is 0. The van der Waals surface area contributed by atoms with Crippen LogP contribution in [0.2, 0.25) is 5.15 Å². The molecule has 5 heteroatoms. The van der Waals surface area contributed by atoms with Crippen LogP contribution in [0, 0.1) is 11.6 Å². The number of benzene rings is 1. The van der Waals surface area contributed by atoms with Crippen LogP contribution >= 0.6 is 11.6 Å². The Morgan fingerprint density at radius 2 is 1.93 bits per heavy atom. The molecule has 0 aliphatic heterocycles. The highest BCUT2D eigenvalue weighted by atomic mass is 35.5. The molecule has 15 heavy (non-hydrogen) atoms. The van der Waals surface area contributed by atoms with Crippen LogP contribution in [0.3, 0.4) is 0 Å². The Labute approximate surface area is 89.6 Å². The number of halogens is 3. The second-order valence-electron chi connectivity index (χ2n) is 2.86. The van der Waals surface area contributed by atoms with Gasteiger partial charge in [0.2, 0.25) is 0 Å². The molecular weight excluding hydrogens is 222 g/mol. The van der Waals surface area contributed by atoms with E-state index in [1.54, 1.807) is 0 Å². The van der Waals surface area contributed by atoms with E-state index in [2.05, 4.69) is 9.97 Å². The molecule has 0 amide bonds. The number of nitrogens with zero attached hydrogens (tertiary/aromatic N) is 2. The van der Waals surface area contributed by atoms with Gasteiger partial charge in [0, 0.05) is 11.8 Å².